The minimum Gasteiger partial charge on any atom is -0.481 e. The van der Waals surface area contributed by atoms with Gasteiger partial charge < -0.3 is 42.1 Å². The quantitative estimate of drug-likeness (QED) is 0.146. The fraction of sp³-hybridized carbons (Fsp3) is 0.688. The van der Waals surface area contributed by atoms with Crippen molar-refractivity contribution in [1.29, 1.82) is 0 Å². The highest BCUT2D eigenvalue weighted by Gasteiger charge is 2.31. The van der Waals surface area contributed by atoms with Gasteiger partial charge in [-0.25, -0.2) is 4.79 Å². The van der Waals surface area contributed by atoms with Gasteiger partial charge in [-0.3, -0.25) is 19.2 Å². The van der Waals surface area contributed by atoms with E-state index in [0.29, 0.717) is 0 Å². The van der Waals surface area contributed by atoms with Gasteiger partial charge in [0.2, 0.25) is 17.7 Å². The molecule has 0 radical (unpaired) electrons. The lowest BCUT2D eigenvalue weighted by molar-refractivity contribution is -0.147. The molecular formula is C16H28N4O9. The maximum atomic E-state index is 12.5. The number of hydrogen-bond donors (Lipinski definition) is 8. The van der Waals surface area contributed by atoms with Crippen LogP contribution in [0.3, 0.4) is 0 Å². The Labute approximate surface area is 166 Å². The number of nitrogens with one attached hydrogen (secondary N) is 3. The van der Waals surface area contributed by atoms with E-state index in [9.17, 15) is 29.1 Å². The third kappa shape index (κ3) is 9.82. The molecule has 0 aliphatic carbocycles. The molecule has 0 rings (SSSR count). The smallest absolute Gasteiger partial charge is 0.326 e. The van der Waals surface area contributed by atoms with Crippen LogP contribution in [0, 0.1) is 5.92 Å². The molecule has 3 amide bonds. The Morgan fingerprint density at radius 3 is 1.69 bits per heavy atom. The Hall–Kier alpha value is -2.77. The highest BCUT2D eigenvalue weighted by atomic mass is 16.4. The minimum absolute atomic E-state index is 0.0650. The van der Waals surface area contributed by atoms with Gasteiger partial charge in [-0.15, -0.1) is 0 Å². The van der Waals surface area contributed by atoms with E-state index in [1.807, 2.05) is 5.32 Å². The van der Waals surface area contributed by atoms with E-state index in [0.717, 1.165) is 0 Å². The van der Waals surface area contributed by atoms with Crippen molar-refractivity contribution in [2.24, 2.45) is 11.7 Å². The Balaban J connectivity index is 5.21. The van der Waals surface area contributed by atoms with Gasteiger partial charge in [0.1, 0.15) is 24.2 Å². The van der Waals surface area contributed by atoms with Crippen molar-refractivity contribution >= 4 is 29.7 Å². The number of carbonyl (C=O) groups excluding carboxylic acids is 3. The second-order valence-corrected chi connectivity index (χ2v) is 6.72. The van der Waals surface area contributed by atoms with Gasteiger partial charge >= 0.3 is 11.9 Å². The van der Waals surface area contributed by atoms with E-state index in [2.05, 4.69) is 10.6 Å². The van der Waals surface area contributed by atoms with Gasteiger partial charge in [0.15, 0.2) is 0 Å². The minimum atomic E-state index is -1.76. The maximum absolute atomic E-state index is 12.5. The lowest BCUT2D eigenvalue weighted by Crippen LogP contribution is -2.58. The van der Waals surface area contributed by atoms with Crippen molar-refractivity contribution in [3.63, 3.8) is 0 Å². The number of aliphatic hydroxyl groups excluding tert-OH is 2. The number of nitrogens with two attached hydrogens (primary N) is 1. The molecule has 0 saturated carbocycles. The molecular weight excluding hydrogens is 392 g/mol. The Bertz CT molecular complexity index is 611. The second kappa shape index (κ2) is 12.6. The maximum Gasteiger partial charge on any atom is 0.326 e. The summed E-state index contributed by atoms with van der Waals surface area (Å²) in [4.78, 5) is 58.2. The standard InChI is InChI=1S/C16H28N4O9/c1-7(2)3-9(18-13(25)8(17)5-21)14(26)20-11(6-22)15(27)19-10(16(28)29)4-12(23)24/h7-11,21-22H,3-6,17H2,1-2H3,(H,18,25)(H,19,27)(H,20,26)(H,23,24)(H,28,29). The summed E-state index contributed by atoms with van der Waals surface area (Å²) in [6, 6.07) is -5.76. The number of carboxylic acids is 2. The lowest BCUT2D eigenvalue weighted by Gasteiger charge is -2.24. The monoisotopic (exact) mass is 420 g/mol. The summed E-state index contributed by atoms with van der Waals surface area (Å²) in [6.07, 6.45) is -0.759. The predicted molar refractivity (Wildman–Crippen MR) is 97.3 cm³/mol. The Morgan fingerprint density at radius 2 is 1.28 bits per heavy atom. The molecule has 0 aromatic rings. The molecule has 0 aliphatic heterocycles. The van der Waals surface area contributed by atoms with Crippen molar-refractivity contribution in [2.75, 3.05) is 13.2 Å². The molecule has 0 spiro atoms. The number of hydrogen-bond acceptors (Lipinski definition) is 8. The summed E-state index contributed by atoms with van der Waals surface area (Å²) >= 11 is 0. The molecule has 13 nitrogen and oxygen atoms in total. The highest BCUT2D eigenvalue weighted by molar-refractivity contribution is 5.94. The topological polar surface area (TPSA) is 228 Å². The third-order valence-corrected chi connectivity index (χ3v) is 3.68. The number of aliphatic carboxylic acids is 2. The molecule has 9 N–H and O–H groups in total. The van der Waals surface area contributed by atoms with E-state index < -0.39 is 73.5 Å². The number of carboxylic acid groups (broad SMARTS) is 2. The molecule has 0 heterocycles. The van der Waals surface area contributed by atoms with Crippen LogP contribution in [-0.2, 0) is 24.0 Å². The normalized spacial score (nSPS) is 15.0. The fourth-order valence-electron chi connectivity index (χ4n) is 2.18. The average molecular weight is 420 g/mol. The van der Waals surface area contributed by atoms with E-state index in [1.165, 1.54) is 0 Å². The van der Waals surface area contributed by atoms with Gasteiger partial charge in [-0.2, -0.15) is 0 Å². The molecule has 4 atom stereocenters. The molecule has 29 heavy (non-hydrogen) atoms. The number of rotatable bonds is 13. The summed E-state index contributed by atoms with van der Waals surface area (Å²) in [5, 5.41) is 42.4. The number of carbonyl (C=O) groups is 5. The fourth-order valence-corrected chi connectivity index (χ4v) is 2.18. The van der Waals surface area contributed by atoms with Crippen molar-refractivity contribution in [3.05, 3.63) is 0 Å². The van der Waals surface area contributed by atoms with Crippen LogP contribution in [0.5, 0.6) is 0 Å². The second-order valence-electron chi connectivity index (χ2n) is 6.72. The summed E-state index contributed by atoms with van der Waals surface area (Å²) < 4.78 is 0. The molecule has 0 bridgehead atoms. The van der Waals surface area contributed by atoms with Crippen molar-refractivity contribution < 1.29 is 44.4 Å². The molecule has 13 heteroatoms. The van der Waals surface area contributed by atoms with Gasteiger partial charge in [-0.1, -0.05) is 13.8 Å². The molecule has 0 aromatic heterocycles. The molecule has 0 fully saturated rings. The van der Waals surface area contributed by atoms with Crippen LogP contribution in [0.2, 0.25) is 0 Å². The van der Waals surface area contributed by atoms with Crippen LogP contribution in [0.15, 0.2) is 0 Å². The van der Waals surface area contributed by atoms with E-state index in [4.69, 9.17) is 21.1 Å². The van der Waals surface area contributed by atoms with Crippen LogP contribution in [0.1, 0.15) is 26.7 Å². The zero-order valence-electron chi connectivity index (χ0n) is 16.1. The van der Waals surface area contributed by atoms with Crippen LogP contribution in [0.25, 0.3) is 0 Å². The van der Waals surface area contributed by atoms with E-state index in [1.54, 1.807) is 13.8 Å². The molecule has 0 aliphatic rings. The van der Waals surface area contributed by atoms with E-state index in [-0.39, 0.29) is 12.3 Å². The molecule has 4 unspecified atom stereocenters. The molecule has 166 valence electrons. The Morgan fingerprint density at radius 1 is 0.793 bits per heavy atom. The summed E-state index contributed by atoms with van der Waals surface area (Å²) in [5.41, 5.74) is 5.39. The largest absolute Gasteiger partial charge is 0.481 e. The Kier molecular flexibility index (Phi) is 11.4. The van der Waals surface area contributed by atoms with Gasteiger partial charge in [0.05, 0.1) is 19.6 Å². The summed E-state index contributed by atoms with van der Waals surface area (Å²) in [6.45, 7) is 1.97. The van der Waals surface area contributed by atoms with Crippen LogP contribution < -0.4 is 21.7 Å². The highest BCUT2D eigenvalue weighted by Crippen LogP contribution is 2.06. The van der Waals surface area contributed by atoms with Crippen molar-refractivity contribution in [3.8, 4) is 0 Å². The SMILES string of the molecule is CC(C)CC(NC(=O)C(N)CO)C(=O)NC(CO)C(=O)NC(CC(=O)O)C(=O)O. The summed E-state index contributed by atoms with van der Waals surface area (Å²) in [5.74, 6) is -5.91. The first-order chi connectivity index (χ1) is 13.4. The van der Waals surface area contributed by atoms with Crippen LogP contribution >= 0.6 is 0 Å². The first-order valence-corrected chi connectivity index (χ1v) is 8.75. The van der Waals surface area contributed by atoms with E-state index >= 15 is 0 Å². The van der Waals surface area contributed by atoms with Crippen molar-refractivity contribution in [1.82, 2.24) is 16.0 Å². The third-order valence-electron chi connectivity index (χ3n) is 3.68. The zero-order chi connectivity index (χ0) is 22.7. The molecule has 0 saturated heterocycles. The van der Waals surface area contributed by atoms with Crippen LogP contribution in [-0.4, -0.2) is 87.5 Å². The number of amides is 3. The molecule has 0 aromatic carbocycles. The summed E-state index contributed by atoms with van der Waals surface area (Å²) in [7, 11) is 0. The van der Waals surface area contributed by atoms with Crippen molar-refractivity contribution in [2.45, 2.75) is 50.9 Å². The first-order valence-electron chi connectivity index (χ1n) is 8.75. The van der Waals surface area contributed by atoms with Gasteiger partial charge in [0, 0.05) is 0 Å². The van der Waals surface area contributed by atoms with Crippen LogP contribution in [0.4, 0.5) is 0 Å². The average Bonchev–Trinajstić information content (AvgIpc) is 2.62. The lowest BCUT2D eigenvalue weighted by atomic mass is 10.0. The first kappa shape index (κ1) is 26.2. The number of aliphatic hydroxyl groups is 2. The van der Waals surface area contributed by atoms with Gasteiger partial charge in [0.25, 0.3) is 0 Å². The predicted octanol–water partition coefficient (Wildman–Crippen LogP) is -3.64. The van der Waals surface area contributed by atoms with Gasteiger partial charge in [-0.05, 0) is 12.3 Å². The zero-order valence-corrected chi connectivity index (χ0v) is 16.1.